The zero-order chi connectivity index (χ0) is 16.1. The second-order valence-electron chi connectivity index (χ2n) is 7.39. The van der Waals surface area contributed by atoms with Gasteiger partial charge >= 0.3 is 0 Å². The van der Waals surface area contributed by atoms with Gasteiger partial charge in [0.1, 0.15) is 0 Å². The molecule has 0 radical (unpaired) electrons. The van der Waals surface area contributed by atoms with Gasteiger partial charge in [0.15, 0.2) is 11.5 Å². The van der Waals surface area contributed by atoms with Crippen molar-refractivity contribution in [2.24, 2.45) is 11.8 Å². The Bertz CT molecular complexity index is 756. The van der Waals surface area contributed by atoms with Crippen LogP contribution in [0, 0.1) is 11.8 Å². The van der Waals surface area contributed by atoms with E-state index >= 15 is 0 Å². The Morgan fingerprint density at radius 3 is 3.12 bits per heavy atom. The average Bonchev–Trinajstić information content (AvgIpc) is 3.04. The summed E-state index contributed by atoms with van der Waals surface area (Å²) in [4.78, 5) is 19.3. The van der Waals surface area contributed by atoms with Crippen molar-refractivity contribution in [1.29, 1.82) is 0 Å². The fourth-order valence-corrected chi connectivity index (χ4v) is 4.74. The zero-order valence-electron chi connectivity index (χ0n) is 13.3. The molecule has 2 aliphatic carbocycles. The molecule has 0 spiro atoms. The van der Waals surface area contributed by atoms with Crippen LogP contribution in [0.4, 0.5) is 0 Å². The average molecular weight is 345 g/mol. The molecule has 2 saturated carbocycles. The van der Waals surface area contributed by atoms with Crippen LogP contribution in [0.15, 0.2) is 10.7 Å². The topological polar surface area (TPSA) is 85.0 Å². The third kappa shape index (κ3) is 2.27. The molecule has 0 bridgehead atoms. The van der Waals surface area contributed by atoms with Crippen LogP contribution in [0.25, 0.3) is 0 Å². The second-order valence-corrected chi connectivity index (χ2v) is 7.94. The van der Waals surface area contributed by atoms with E-state index in [0.717, 1.165) is 61.6 Å². The molecule has 2 atom stereocenters. The molecule has 3 heterocycles. The summed E-state index contributed by atoms with van der Waals surface area (Å²) in [6, 6.07) is 0. The Labute approximate surface area is 143 Å². The molecule has 1 amide bonds. The number of aromatic nitrogens is 4. The van der Waals surface area contributed by atoms with Gasteiger partial charge in [0, 0.05) is 19.5 Å². The maximum absolute atomic E-state index is 12.6. The van der Waals surface area contributed by atoms with Gasteiger partial charge in [-0.2, -0.15) is 13.7 Å². The van der Waals surface area contributed by atoms with E-state index in [1.165, 1.54) is 12.8 Å². The van der Waals surface area contributed by atoms with Crippen molar-refractivity contribution in [3.63, 3.8) is 0 Å². The van der Waals surface area contributed by atoms with Crippen molar-refractivity contribution in [2.75, 3.05) is 13.1 Å². The summed E-state index contributed by atoms with van der Waals surface area (Å²) in [6.45, 7) is 1.40. The van der Waals surface area contributed by atoms with Crippen LogP contribution in [0.1, 0.15) is 54.3 Å². The highest BCUT2D eigenvalue weighted by Crippen LogP contribution is 2.50. The normalized spacial score (nSPS) is 29.2. The minimum atomic E-state index is -0.159. The van der Waals surface area contributed by atoms with Gasteiger partial charge in [-0.1, -0.05) is 11.6 Å². The molecule has 0 unspecified atom stereocenters. The summed E-state index contributed by atoms with van der Waals surface area (Å²) >= 11 is 1.07. The molecular formula is C16H19N5O2S. The first-order valence-corrected chi connectivity index (χ1v) is 9.37. The van der Waals surface area contributed by atoms with Crippen LogP contribution in [0.2, 0.25) is 0 Å². The maximum atomic E-state index is 12.6. The second kappa shape index (κ2) is 5.34. The van der Waals surface area contributed by atoms with Gasteiger partial charge in [-0.25, -0.2) is 0 Å². The number of rotatable bonds is 4. The molecule has 5 rings (SSSR count). The van der Waals surface area contributed by atoms with Gasteiger partial charge < -0.3 is 9.42 Å². The molecule has 2 aromatic heterocycles. The zero-order valence-corrected chi connectivity index (χ0v) is 14.2. The molecule has 8 heteroatoms. The van der Waals surface area contributed by atoms with Gasteiger partial charge in [0.25, 0.3) is 5.91 Å². The Hall–Kier alpha value is -1.83. The van der Waals surface area contributed by atoms with Crippen molar-refractivity contribution >= 4 is 17.6 Å². The van der Waals surface area contributed by atoms with E-state index in [2.05, 4.69) is 13.9 Å². The maximum Gasteiger partial charge on any atom is 0.275 e. The number of hydrogen-bond acceptors (Lipinski definition) is 7. The molecule has 0 N–H and O–H groups in total. The van der Waals surface area contributed by atoms with E-state index < -0.39 is 0 Å². The van der Waals surface area contributed by atoms with E-state index in [9.17, 15) is 4.79 Å². The number of fused-ring (bicyclic) bond motifs is 1. The van der Waals surface area contributed by atoms with Crippen molar-refractivity contribution < 1.29 is 9.32 Å². The Kier molecular flexibility index (Phi) is 3.23. The molecule has 3 fully saturated rings. The van der Waals surface area contributed by atoms with Crippen LogP contribution >= 0.6 is 11.7 Å². The lowest BCUT2D eigenvalue weighted by atomic mass is 9.80. The van der Waals surface area contributed by atoms with E-state index in [1.807, 2.05) is 4.90 Å². The highest BCUT2D eigenvalue weighted by Gasteiger charge is 2.55. The lowest BCUT2D eigenvalue weighted by molar-refractivity contribution is 0.0770. The molecule has 7 nitrogen and oxygen atoms in total. The van der Waals surface area contributed by atoms with Gasteiger partial charge in [0.2, 0.25) is 5.89 Å². The van der Waals surface area contributed by atoms with E-state index in [-0.39, 0.29) is 11.3 Å². The van der Waals surface area contributed by atoms with Crippen LogP contribution < -0.4 is 0 Å². The summed E-state index contributed by atoms with van der Waals surface area (Å²) in [6.07, 6.45) is 8.32. The van der Waals surface area contributed by atoms with E-state index in [0.29, 0.717) is 18.2 Å². The van der Waals surface area contributed by atoms with E-state index in [1.54, 1.807) is 6.20 Å². The predicted molar refractivity (Wildman–Crippen MR) is 85.6 cm³/mol. The largest absolute Gasteiger partial charge is 0.339 e. The Morgan fingerprint density at radius 1 is 1.42 bits per heavy atom. The smallest absolute Gasteiger partial charge is 0.275 e. The molecule has 1 saturated heterocycles. The van der Waals surface area contributed by atoms with Gasteiger partial charge in [-0.05, 0) is 37.5 Å². The number of hydrogen-bond donors (Lipinski definition) is 0. The molecule has 1 aliphatic heterocycles. The number of likely N-dealkylation sites (tertiary alicyclic amines) is 1. The first-order chi connectivity index (χ1) is 11.7. The molecule has 3 aliphatic rings. The van der Waals surface area contributed by atoms with Crippen molar-refractivity contribution in [1.82, 2.24) is 23.8 Å². The number of nitrogens with zero attached hydrogens (tertiary/aromatic N) is 5. The highest BCUT2D eigenvalue weighted by atomic mass is 32.1. The number of carbonyl (C=O) groups excluding carboxylic acids is 1. The summed E-state index contributed by atoms with van der Waals surface area (Å²) in [5.41, 5.74) is 0.281. The summed E-state index contributed by atoms with van der Waals surface area (Å²) < 4.78 is 13.7. The number of amides is 1. The first kappa shape index (κ1) is 14.5. The summed E-state index contributed by atoms with van der Waals surface area (Å²) in [7, 11) is 0. The molecule has 0 aromatic carbocycles. The minimum absolute atomic E-state index is 0.0322. The lowest BCUT2D eigenvalue weighted by Gasteiger charge is -2.23. The van der Waals surface area contributed by atoms with Crippen molar-refractivity contribution in [3.05, 3.63) is 23.6 Å². The standard InChI is InChI=1S/C16H19N5O2S/c22-14(12-7-17-24-20-12)21-8-11-2-1-5-16(11,9-21)15-18-13(19-23-15)6-10-3-4-10/h7,10-11H,1-6,8-9H2/t11-,16-/m1/s1. The van der Waals surface area contributed by atoms with Gasteiger partial charge in [0.05, 0.1) is 23.3 Å². The molecule has 24 heavy (non-hydrogen) atoms. The summed E-state index contributed by atoms with van der Waals surface area (Å²) in [5.74, 6) is 2.69. The van der Waals surface area contributed by atoms with Gasteiger partial charge in [-0.3, -0.25) is 4.79 Å². The number of carbonyl (C=O) groups is 1. The van der Waals surface area contributed by atoms with E-state index in [4.69, 9.17) is 9.51 Å². The third-order valence-corrected chi connectivity index (χ3v) is 6.28. The first-order valence-electron chi connectivity index (χ1n) is 8.64. The SMILES string of the molecule is O=C(c1cnsn1)N1C[C@H]2CCC[C@@]2(c2nc(CC3CC3)no2)C1. The van der Waals surface area contributed by atoms with Crippen LogP contribution in [0.3, 0.4) is 0 Å². The molecular weight excluding hydrogens is 326 g/mol. The van der Waals surface area contributed by atoms with Crippen LogP contribution in [0.5, 0.6) is 0 Å². The van der Waals surface area contributed by atoms with Crippen molar-refractivity contribution in [2.45, 2.75) is 43.9 Å². The lowest BCUT2D eigenvalue weighted by Crippen LogP contribution is -2.35. The predicted octanol–water partition coefficient (Wildman–Crippen LogP) is 2.07. The fourth-order valence-electron chi connectivity index (χ4n) is 4.33. The quantitative estimate of drug-likeness (QED) is 0.843. The minimum Gasteiger partial charge on any atom is -0.339 e. The Balaban J connectivity index is 1.40. The van der Waals surface area contributed by atoms with Gasteiger partial charge in [-0.15, -0.1) is 0 Å². The monoisotopic (exact) mass is 345 g/mol. The molecule has 126 valence electrons. The summed E-state index contributed by atoms with van der Waals surface area (Å²) in [5, 5.41) is 4.21. The highest BCUT2D eigenvalue weighted by molar-refractivity contribution is 6.99. The Morgan fingerprint density at radius 2 is 2.33 bits per heavy atom. The van der Waals surface area contributed by atoms with Crippen molar-refractivity contribution in [3.8, 4) is 0 Å². The third-order valence-electron chi connectivity index (χ3n) is 5.80. The van der Waals surface area contributed by atoms with Crippen LogP contribution in [-0.4, -0.2) is 42.8 Å². The fraction of sp³-hybridized carbons (Fsp3) is 0.688. The van der Waals surface area contributed by atoms with Crippen LogP contribution in [-0.2, 0) is 11.8 Å². The molecule has 2 aromatic rings.